The lowest BCUT2D eigenvalue weighted by atomic mass is 10.0. The summed E-state index contributed by atoms with van der Waals surface area (Å²) < 4.78 is 5.33. The second-order valence-corrected chi connectivity index (χ2v) is 6.77. The van der Waals surface area contributed by atoms with Crippen molar-refractivity contribution in [2.75, 3.05) is 7.11 Å². The van der Waals surface area contributed by atoms with Crippen molar-refractivity contribution in [3.63, 3.8) is 0 Å². The number of nitrogens with one attached hydrogen (secondary N) is 1. The third kappa shape index (κ3) is 3.57. The van der Waals surface area contributed by atoms with Crippen LogP contribution in [-0.4, -0.2) is 23.0 Å². The van der Waals surface area contributed by atoms with Crippen LogP contribution < -0.4 is 10.2 Å². The highest BCUT2D eigenvalue weighted by Crippen LogP contribution is 2.33. The Hall–Kier alpha value is -3.31. The third-order valence-electron chi connectivity index (χ3n) is 4.58. The van der Waals surface area contributed by atoms with E-state index in [-0.39, 0.29) is 11.9 Å². The lowest BCUT2D eigenvalue weighted by Crippen LogP contribution is -2.39. The molecule has 140 valence electrons. The van der Waals surface area contributed by atoms with Crippen molar-refractivity contribution < 1.29 is 9.53 Å². The first kappa shape index (κ1) is 18.1. The molecule has 5 nitrogen and oxygen atoms in total. The van der Waals surface area contributed by atoms with Crippen molar-refractivity contribution in [2.45, 2.75) is 6.04 Å². The Labute approximate surface area is 168 Å². The number of hydrogen-bond donors (Lipinski definition) is 1. The van der Waals surface area contributed by atoms with E-state index in [2.05, 4.69) is 10.4 Å². The van der Waals surface area contributed by atoms with Gasteiger partial charge in [-0.25, -0.2) is 5.01 Å². The summed E-state index contributed by atoms with van der Waals surface area (Å²) in [4.78, 5) is 17.1. The summed E-state index contributed by atoms with van der Waals surface area (Å²) in [7, 11) is 1.63. The average molecular weight is 392 g/mol. The molecule has 0 fully saturated rings. The molecule has 3 aromatic rings. The van der Waals surface area contributed by atoms with Gasteiger partial charge in [0.15, 0.2) is 0 Å². The molecule has 28 heavy (non-hydrogen) atoms. The number of ether oxygens (including phenoxy) is 1. The molecule has 1 atom stereocenters. The molecule has 0 bridgehead atoms. The van der Waals surface area contributed by atoms with Gasteiger partial charge in [0.25, 0.3) is 5.91 Å². The van der Waals surface area contributed by atoms with Crippen molar-refractivity contribution in [2.24, 2.45) is 0 Å². The van der Waals surface area contributed by atoms with E-state index in [0.717, 1.165) is 22.6 Å². The first-order valence-electron chi connectivity index (χ1n) is 8.77. The molecule has 4 rings (SSSR count). The number of rotatable bonds is 4. The third-order valence-corrected chi connectivity index (χ3v) is 4.83. The number of hydrazine groups is 1. The van der Waals surface area contributed by atoms with Gasteiger partial charge in [-0.1, -0.05) is 35.9 Å². The number of methoxy groups -OCH3 is 1. The summed E-state index contributed by atoms with van der Waals surface area (Å²) in [6, 6.07) is 18.3. The van der Waals surface area contributed by atoms with Gasteiger partial charge >= 0.3 is 0 Å². The molecule has 0 spiro atoms. The van der Waals surface area contributed by atoms with Crippen LogP contribution in [0.2, 0.25) is 5.02 Å². The fraction of sp³-hybridized carbons (Fsp3) is 0.0909. The van der Waals surface area contributed by atoms with E-state index in [1.54, 1.807) is 36.6 Å². The van der Waals surface area contributed by atoms with Gasteiger partial charge in [-0.3, -0.25) is 15.2 Å². The summed E-state index contributed by atoms with van der Waals surface area (Å²) in [5.74, 6) is 0.610. The van der Waals surface area contributed by atoms with Crippen LogP contribution in [0.3, 0.4) is 0 Å². The number of pyridine rings is 1. The second-order valence-electron chi connectivity index (χ2n) is 6.33. The van der Waals surface area contributed by atoms with Crippen molar-refractivity contribution >= 4 is 23.2 Å². The van der Waals surface area contributed by atoms with Crippen LogP contribution in [0, 0.1) is 0 Å². The molecule has 1 aromatic heterocycles. The van der Waals surface area contributed by atoms with Crippen molar-refractivity contribution in [3.05, 3.63) is 101 Å². The Morgan fingerprint density at radius 2 is 1.86 bits per heavy atom. The van der Waals surface area contributed by atoms with E-state index in [4.69, 9.17) is 16.3 Å². The van der Waals surface area contributed by atoms with E-state index >= 15 is 0 Å². The summed E-state index contributed by atoms with van der Waals surface area (Å²) in [6.07, 6.45) is 5.24. The number of nitrogens with zero attached hydrogens (tertiary/aromatic N) is 2. The number of halogens is 1. The van der Waals surface area contributed by atoms with Gasteiger partial charge < -0.3 is 4.74 Å². The highest BCUT2D eigenvalue weighted by Gasteiger charge is 2.31. The molecule has 0 aliphatic carbocycles. The fourth-order valence-electron chi connectivity index (χ4n) is 3.14. The number of aromatic nitrogens is 1. The lowest BCUT2D eigenvalue weighted by molar-refractivity contribution is 0.0672. The molecular weight excluding hydrogens is 374 g/mol. The molecule has 1 aliphatic rings. The maximum atomic E-state index is 13.1. The smallest absolute Gasteiger partial charge is 0.273 e. The Bertz CT molecular complexity index is 1020. The van der Waals surface area contributed by atoms with Gasteiger partial charge in [0, 0.05) is 28.5 Å². The van der Waals surface area contributed by atoms with Crippen LogP contribution >= 0.6 is 11.6 Å². The zero-order valence-corrected chi connectivity index (χ0v) is 15.9. The Morgan fingerprint density at radius 1 is 1.11 bits per heavy atom. The topological polar surface area (TPSA) is 54.5 Å². The van der Waals surface area contributed by atoms with Crippen LogP contribution in [0.5, 0.6) is 5.75 Å². The van der Waals surface area contributed by atoms with Crippen LogP contribution in [0.15, 0.2) is 79.1 Å². The maximum absolute atomic E-state index is 13.1. The minimum atomic E-state index is -0.279. The van der Waals surface area contributed by atoms with E-state index in [1.165, 1.54) is 0 Å². The van der Waals surface area contributed by atoms with Gasteiger partial charge in [0.05, 0.1) is 18.8 Å². The summed E-state index contributed by atoms with van der Waals surface area (Å²) >= 11 is 6.04. The van der Waals surface area contributed by atoms with E-state index in [0.29, 0.717) is 10.6 Å². The molecule has 1 N–H and O–H groups in total. The number of hydrogen-bond acceptors (Lipinski definition) is 4. The van der Waals surface area contributed by atoms with Crippen LogP contribution in [-0.2, 0) is 0 Å². The first-order valence-corrected chi connectivity index (χ1v) is 9.15. The van der Waals surface area contributed by atoms with Crippen LogP contribution in [0.25, 0.3) is 5.70 Å². The Morgan fingerprint density at radius 3 is 2.57 bits per heavy atom. The van der Waals surface area contributed by atoms with Gasteiger partial charge in [-0.15, -0.1) is 0 Å². The van der Waals surface area contributed by atoms with Crippen LogP contribution in [0.1, 0.15) is 27.5 Å². The zero-order chi connectivity index (χ0) is 19.5. The molecule has 0 radical (unpaired) electrons. The van der Waals surface area contributed by atoms with Crippen molar-refractivity contribution in [1.82, 2.24) is 15.4 Å². The molecule has 1 amide bonds. The monoisotopic (exact) mass is 391 g/mol. The van der Waals surface area contributed by atoms with Gasteiger partial charge in [0.2, 0.25) is 0 Å². The Kier molecular flexibility index (Phi) is 5.00. The maximum Gasteiger partial charge on any atom is 0.273 e. The number of benzene rings is 2. The number of carbonyl (C=O) groups excluding carboxylic acids is 1. The standard InChI is InChI=1S/C22H18ClN3O2/c1-28-19-4-2-3-17(13-19)20-14-21(15-5-7-18(23)8-6-15)26(25-20)22(27)16-9-11-24-12-10-16/h2-14,21,25H,1H3. The normalized spacial score (nSPS) is 15.7. The van der Waals surface area contributed by atoms with Crippen molar-refractivity contribution in [3.8, 4) is 5.75 Å². The highest BCUT2D eigenvalue weighted by molar-refractivity contribution is 6.30. The molecule has 1 unspecified atom stereocenters. The van der Waals surface area contributed by atoms with Crippen molar-refractivity contribution in [1.29, 1.82) is 0 Å². The SMILES string of the molecule is COc1cccc(C2=CC(c3ccc(Cl)cc3)N(C(=O)c3ccncc3)N2)c1. The first-order chi connectivity index (χ1) is 13.7. The van der Waals surface area contributed by atoms with E-state index < -0.39 is 0 Å². The largest absolute Gasteiger partial charge is 0.497 e. The van der Waals surface area contributed by atoms with Gasteiger partial charge in [0.1, 0.15) is 5.75 Å². The summed E-state index contributed by atoms with van der Waals surface area (Å²) in [5.41, 5.74) is 6.54. The second kappa shape index (κ2) is 7.74. The lowest BCUT2D eigenvalue weighted by Gasteiger charge is -2.25. The quantitative estimate of drug-likeness (QED) is 0.712. The molecule has 6 heteroatoms. The predicted molar refractivity (Wildman–Crippen MR) is 109 cm³/mol. The van der Waals surface area contributed by atoms with E-state index in [9.17, 15) is 4.79 Å². The summed E-state index contributed by atoms with van der Waals surface area (Å²) in [5, 5.41) is 2.27. The highest BCUT2D eigenvalue weighted by atomic mass is 35.5. The molecule has 2 aromatic carbocycles. The predicted octanol–water partition coefficient (Wildman–Crippen LogP) is 4.49. The fourth-order valence-corrected chi connectivity index (χ4v) is 3.26. The summed E-state index contributed by atoms with van der Waals surface area (Å²) in [6.45, 7) is 0. The van der Waals surface area contributed by atoms with E-state index in [1.807, 2.05) is 54.6 Å². The van der Waals surface area contributed by atoms with Crippen LogP contribution in [0.4, 0.5) is 0 Å². The molecule has 0 saturated carbocycles. The molecule has 0 saturated heterocycles. The van der Waals surface area contributed by atoms with Gasteiger partial charge in [-0.05, 0) is 48.0 Å². The number of amides is 1. The number of carbonyl (C=O) groups is 1. The minimum Gasteiger partial charge on any atom is -0.497 e. The zero-order valence-electron chi connectivity index (χ0n) is 15.2. The van der Waals surface area contributed by atoms with Gasteiger partial charge in [-0.2, -0.15) is 0 Å². The molecular formula is C22H18ClN3O2. The molecule has 2 heterocycles. The Balaban J connectivity index is 1.73. The minimum absolute atomic E-state index is 0.142. The average Bonchev–Trinajstić information content (AvgIpc) is 3.20. The molecule has 1 aliphatic heterocycles.